The molecule has 6 heteroatoms. The van der Waals surface area contributed by atoms with Gasteiger partial charge in [0.1, 0.15) is 5.82 Å². The molecule has 1 saturated heterocycles. The quantitative estimate of drug-likeness (QED) is 0.903. The van der Waals surface area contributed by atoms with Crippen molar-refractivity contribution >= 4 is 17.2 Å². The van der Waals surface area contributed by atoms with Crippen LogP contribution in [-0.2, 0) is 4.74 Å². The summed E-state index contributed by atoms with van der Waals surface area (Å²) >= 11 is 1.68. The average Bonchev–Trinajstić information content (AvgIpc) is 3.12. The zero-order valence-electron chi connectivity index (χ0n) is 13.6. The van der Waals surface area contributed by atoms with Crippen molar-refractivity contribution in [2.24, 2.45) is 0 Å². The molecule has 1 atom stereocenters. The molecule has 0 spiro atoms. The molecule has 2 aromatic rings. The number of carbonyl (C=O) groups is 1. The number of nitrogens with one attached hydrogen (secondary N) is 1. The van der Waals surface area contributed by atoms with E-state index in [4.69, 9.17) is 4.74 Å². The maximum atomic E-state index is 13.7. The van der Waals surface area contributed by atoms with E-state index in [1.54, 1.807) is 30.4 Å². The second kappa shape index (κ2) is 7.88. The molecule has 0 radical (unpaired) electrons. The number of thiophene rings is 1. The van der Waals surface area contributed by atoms with Gasteiger partial charge in [-0.15, -0.1) is 11.3 Å². The van der Waals surface area contributed by atoms with Crippen LogP contribution in [0.25, 0.3) is 0 Å². The fourth-order valence-corrected chi connectivity index (χ4v) is 3.67. The molecule has 2 heterocycles. The van der Waals surface area contributed by atoms with Crippen LogP contribution in [0.5, 0.6) is 0 Å². The smallest absolute Gasteiger partial charge is 0.251 e. The minimum absolute atomic E-state index is 0.119. The van der Waals surface area contributed by atoms with Crippen LogP contribution in [0.1, 0.15) is 26.8 Å². The first-order valence-corrected chi connectivity index (χ1v) is 8.92. The summed E-state index contributed by atoms with van der Waals surface area (Å²) in [6.45, 7) is 5.28. The molecule has 3 rings (SSSR count). The van der Waals surface area contributed by atoms with Gasteiger partial charge in [-0.05, 0) is 36.1 Å². The first-order chi connectivity index (χ1) is 11.6. The first-order valence-electron chi connectivity index (χ1n) is 8.04. The first kappa shape index (κ1) is 17.1. The number of halogens is 1. The molecule has 1 fully saturated rings. The third-order valence-electron chi connectivity index (χ3n) is 4.25. The zero-order valence-corrected chi connectivity index (χ0v) is 14.4. The lowest BCUT2D eigenvalue weighted by molar-refractivity contribution is 0.0169. The fraction of sp³-hybridized carbons (Fsp3) is 0.389. The molecule has 1 aromatic carbocycles. The number of benzene rings is 1. The molecule has 0 bridgehead atoms. The standard InChI is InChI=1S/C18H21FN2O2S/c1-13-4-5-14(11-15(13)19)18(22)20-12-16(17-3-2-10-24-17)21-6-8-23-9-7-21/h2-5,10-11,16H,6-9,12H2,1H3,(H,20,22). The van der Waals surface area contributed by atoms with Crippen molar-refractivity contribution in [3.05, 3.63) is 57.5 Å². The Morgan fingerprint density at radius 1 is 1.38 bits per heavy atom. The Bertz CT molecular complexity index is 684. The molecule has 4 nitrogen and oxygen atoms in total. The van der Waals surface area contributed by atoms with Gasteiger partial charge < -0.3 is 10.1 Å². The Balaban J connectivity index is 1.68. The largest absolute Gasteiger partial charge is 0.379 e. The SMILES string of the molecule is Cc1ccc(C(=O)NCC(c2cccs2)N2CCOCC2)cc1F. The van der Waals surface area contributed by atoms with Gasteiger partial charge in [-0.3, -0.25) is 9.69 Å². The molecule has 1 unspecified atom stereocenters. The Hall–Kier alpha value is -1.76. The third kappa shape index (κ3) is 4.01. The Morgan fingerprint density at radius 3 is 2.83 bits per heavy atom. The van der Waals surface area contributed by atoms with Gasteiger partial charge in [-0.25, -0.2) is 4.39 Å². The molecule has 1 aromatic heterocycles. The van der Waals surface area contributed by atoms with Gasteiger partial charge in [0, 0.05) is 30.1 Å². The Kier molecular flexibility index (Phi) is 5.60. The molecule has 0 saturated carbocycles. The molecule has 0 aliphatic carbocycles. The van der Waals surface area contributed by atoms with Crippen molar-refractivity contribution in [2.75, 3.05) is 32.8 Å². The number of hydrogen-bond acceptors (Lipinski definition) is 4. The van der Waals surface area contributed by atoms with Crippen molar-refractivity contribution in [1.82, 2.24) is 10.2 Å². The molecule has 1 aliphatic heterocycles. The topological polar surface area (TPSA) is 41.6 Å². The summed E-state index contributed by atoms with van der Waals surface area (Å²) in [5.74, 6) is -0.602. The molecule has 24 heavy (non-hydrogen) atoms. The number of aryl methyl sites for hydroxylation is 1. The normalized spacial score (nSPS) is 16.8. The summed E-state index contributed by atoms with van der Waals surface area (Å²) in [4.78, 5) is 15.9. The van der Waals surface area contributed by atoms with E-state index < -0.39 is 0 Å². The van der Waals surface area contributed by atoms with Crippen LogP contribution in [-0.4, -0.2) is 43.7 Å². The molecular weight excluding hydrogens is 327 g/mol. The van der Waals surface area contributed by atoms with Gasteiger partial charge in [-0.1, -0.05) is 12.1 Å². The highest BCUT2D eigenvalue weighted by Gasteiger charge is 2.24. The van der Waals surface area contributed by atoms with Crippen molar-refractivity contribution < 1.29 is 13.9 Å². The number of morpholine rings is 1. The van der Waals surface area contributed by atoms with Crippen molar-refractivity contribution in [1.29, 1.82) is 0 Å². The van der Waals surface area contributed by atoms with Crippen LogP contribution >= 0.6 is 11.3 Å². The zero-order chi connectivity index (χ0) is 16.9. The monoisotopic (exact) mass is 348 g/mol. The van der Waals surface area contributed by atoms with E-state index in [-0.39, 0.29) is 17.8 Å². The summed E-state index contributed by atoms with van der Waals surface area (Å²) in [5, 5.41) is 4.99. The van der Waals surface area contributed by atoms with Crippen LogP contribution in [0.15, 0.2) is 35.7 Å². The van der Waals surface area contributed by atoms with Crippen LogP contribution in [0.3, 0.4) is 0 Å². The van der Waals surface area contributed by atoms with E-state index in [0.717, 1.165) is 13.1 Å². The van der Waals surface area contributed by atoms with Gasteiger partial charge in [0.2, 0.25) is 0 Å². The van der Waals surface area contributed by atoms with Gasteiger partial charge in [-0.2, -0.15) is 0 Å². The van der Waals surface area contributed by atoms with E-state index in [1.807, 2.05) is 11.4 Å². The lowest BCUT2D eigenvalue weighted by Gasteiger charge is -2.34. The average molecular weight is 348 g/mol. The van der Waals surface area contributed by atoms with Gasteiger partial charge in [0.05, 0.1) is 19.3 Å². The fourth-order valence-electron chi connectivity index (χ4n) is 2.81. The summed E-state index contributed by atoms with van der Waals surface area (Å²) in [6, 6.07) is 8.80. The molecular formula is C18H21FN2O2S. The predicted octanol–water partition coefficient (Wildman–Crippen LogP) is 3.00. The van der Waals surface area contributed by atoms with Gasteiger partial charge in [0.15, 0.2) is 0 Å². The van der Waals surface area contributed by atoms with Crippen LogP contribution in [0.4, 0.5) is 4.39 Å². The molecule has 1 N–H and O–H groups in total. The van der Waals surface area contributed by atoms with E-state index in [9.17, 15) is 9.18 Å². The molecule has 1 aliphatic rings. The minimum Gasteiger partial charge on any atom is -0.379 e. The van der Waals surface area contributed by atoms with E-state index in [2.05, 4.69) is 16.3 Å². The number of carbonyl (C=O) groups excluding carboxylic acids is 1. The number of ether oxygens (including phenoxy) is 1. The Labute approximate surface area is 145 Å². The molecule has 128 valence electrons. The van der Waals surface area contributed by atoms with Gasteiger partial charge >= 0.3 is 0 Å². The number of nitrogens with zero attached hydrogens (tertiary/aromatic N) is 1. The second-order valence-electron chi connectivity index (χ2n) is 5.85. The van der Waals surface area contributed by atoms with Crippen molar-refractivity contribution in [2.45, 2.75) is 13.0 Å². The summed E-state index contributed by atoms with van der Waals surface area (Å²) in [7, 11) is 0. The van der Waals surface area contributed by atoms with Crippen molar-refractivity contribution in [3.8, 4) is 0 Å². The number of rotatable bonds is 5. The molecule has 1 amide bonds. The summed E-state index contributed by atoms with van der Waals surface area (Å²) in [5.41, 5.74) is 0.890. The summed E-state index contributed by atoms with van der Waals surface area (Å²) in [6.07, 6.45) is 0. The lowest BCUT2D eigenvalue weighted by Crippen LogP contribution is -2.43. The second-order valence-corrected chi connectivity index (χ2v) is 6.83. The maximum absolute atomic E-state index is 13.7. The maximum Gasteiger partial charge on any atom is 0.251 e. The van der Waals surface area contributed by atoms with Crippen LogP contribution in [0, 0.1) is 12.7 Å². The minimum atomic E-state index is -0.356. The third-order valence-corrected chi connectivity index (χ3v) is 5.22. The van der Waals surface area contributed by atoms with E-state index in [1.165, 1.54) is 10.9 Å². The summed E-state index contributed by atoms with van der Waals surface area (Å²) < 4.78 is 19.1. The van der Waals surface area contributed by atoms with Gasteiger partial charge in [0.25, 0.3) is 5.91 Å². The van der Waals surface area contributed by atoms with Crippen molar-refractivity contribution in [3.63, 3.8) is 0 Å². The number of amides is 1. The van der Waals surface area contributed by atoms with E-state index in [0.29, 0.717) is 30.9 Å². The van der Waals surface area contributed by atoms with Crippen LogP contribution < -0.4 is 5.32 Å². The Morgan fingerprint density at radius 2 is 2.17 bits per heavy atom. The highest BCUT2D eigenvalue weighted by atomic mass is 32.1. The lowest BCUT2D eigenvalue weighted by atomic mass is 10.1. The van der Waals surface area contributed by atoms with E-state index >= 15 is 0 Å². The predicted molar refractivity (Wildman–Crippen MR) is 92.9 cm³/mol. The van der Waals surface area contributed by atoms with Crippen LogP contribution in [0.2, 0.25) is 0 Å². The highest BCUT2D eigenvalue weighted by molar-refractivity contribution is 7.10. The highest BCUT2D eigenvalue weighted by Crippen LogP contribution is 2.25. The number of hydrogen-bond donors (Lipinski definition) is 1.